The van der Waals surface area contributed by atoms with Crippen LogP contribution in [0.1, 0.15) is 40.2 Å². The van der Waals surface area contributed by atoms with E-state index in [2.05, 4.69) is 90.7 Å². The van der Waals surface area contributed by atoms with E-state index in [1.807, 2.05) is 0 Å². The molecule has 4 heteroatoms. The van der Waals surface area contributed by atoms with E-state index in [-0.39, 0.29) is 5.54 Å². The lowest BCUT2D eigenvalue weighted by Crippen LogP contribution is -2.44. The van der Waals surface area contributed by atoms with Gasteiger partial charge in [0.2, 0.25) is 0 Å². The van der Waals surface area contributed by atoms with Gasteiger partial charge in [-0.15, -0.1) is 0 Å². The quantitative estimate of drug-likeness (QED) is 0.831. The van der Waals surface area contributed by atoms with Gasteiger partial charge < -0.3 is 10.2 Å². The molecule has 21 heavy (non-hydrogen) atoms. The summed E-state index contributed by atoms with van der Waals surface area (Å²) in [6.07, 6.45) is 0. The summed E-state index contributed by atoms with van der Waals surface area (Å²) < 4.78 is 1.49. The van der Waals surface area contributed by atoms with Gasteiger partial charge in [-0.25, -0.2) is 0 Å². The molecule has 1 aliphatic heterocycles. The second kappa shape index (κ2) is 6.51. The zero-order valence-corrected chi connectivity index (χ0v) is 16.2. The van der Waals surface area contributed by atoms with E-state index in [1.54, 1.807) is 0 Å². The Balaban J connectivity index is 2.22. The molecule has 1 aliphatic rings. The standard InChI is InChI=1S/C17H27BrN2S/c1-16(2,3)19-11-13-10-14(18)6-7-15(13)20-8-9-21-17(4,5)12-20/h6-7,10,19H,8-9,11-12H2,1-5H3. The second-order valence-electron chi connectivity index (χ2n) is 7.41. The number of hydrogen-bond acceptors (Lipinski definition) is 3. The Morgan fingerprint density at radius 2 is 2.05 bits per heavy atom. The Morgan fingerprint density at radius 1 is 1.33 bits per heavy atom. The van der Waals surface area contributed by atoms with Crippen LogP contribution in [0.15, 0.2) is 22.7 Å². The van der Waals surface area contributed by atoms with Gasteiger partial charge in [0.25, 0.3) is 0 Å². The Hall–Kier alpha value is -0.190. The predicted molar refractivity (Wildman–Crippen MR) is 99.5 cm³/mol. The molecule has 1 heterocycles. The van der Waals surface area contributed by atoms with Crippen LogP contribution in [0, 0.1) is 0 Å². The van der Waals surface area contributed by atoms with Gasteiger partial charge in [-0.3, -0.25) is 0 Å². The zero-order chi connectivity index (χ0) is 15.7. The maximum atomic E-state index is 3.61. The summed E-state index contributed by atoms with van der Waals surface area (Å²) in [4.78, 5) is 2.54. The van der Waals surface area contributed by atoms with Crippen molar-refractivity contribution < 1.29 is 0 Å². The van der Waals surface area contributed by atoms with Crippen molar-refractivity contribution in [2.75, 3.05) is 23.7 Å². The Kier molecular flexibility index (Phi) is 5.32. The fourth-order valence-electron chi connectivity index (χ4n) is 2.59. The van der Waals surface area contributed by atoms with Gasteiger partial charge in [0.05, 0.1) is 0 Å². The van der Waals surface area contributed by atoms with Crippen LogP contribution in [0.4, 0.5) is 5.69 Å². The molecule has 2 nitrogen and oxygen atoms in total. The van der Waals surface area contributed by atoms with Gasteiger partial charge in [0.1, 0.15) is 0 Å². The topological polar surface area (TPSA) is 15.3 Å². The maximum absolute atomic E-state index is 3.61. The van der Waals surface area contributed by atoms with Gasteiger partial charge in [0.15, 0.2) is 0 Å². The van der Waals surface area contributed by atoms with E-state index >= 15 is 0 Å². The van der Waals surface area contributed by atoms with Crippen LogP contribution >= 0.6 is 27.7 Å². The molecule has 1 saturated heterocycles. The number of anilines is 1. The van der Waals surface area contributed by atoms with Gasteiger partial charge in [-0.2, -0.15) is 11.8 Å². The van der Waals surface area contributed by atoms with Crippen molar-refractivity contribution in [1.82, 2.24) is 5.32 Å². The molecule has 118 valence electrons. The highest BCUT2D eigenvalue weighted by atomic mass is 79.9. The van der Waals surface area contributed by atoms with Crippen LogP contribution in [0.25, 0.3) is 0 Å². The summed E-state index contributed by atoms with van der Waals surface area (Å²) in [5, 5.41) is 3.61. The molecule has 1 aromatic carbocycles. The van der Waals surface area contributed by atoms with Crippen LogP contribution in [-0.4, -0.2) is 29.1 Å². The minimum Gasteiger partial charge on any atom is -0.369 e. The average molecular weight is 371 g/mol. The Labute approximate surface area is 142 Å². The summed E-state index contributed by atoms with van der Waals surface area (Å²) in [7, 11) is 0. The van der Waals surface area contributed by atoms with Gasteiger partial charge in [-0.05, 0) is 58.4 Å². The molecule has 1 N–H and O–H groups in total. The number of halogens is 1. The largest absolute Gasteiger partial charge is 0.369 e. The molecule has 0 amide bonds. The molecule has 0 radical (unpaired) electrons. The van der Waals surface area contributed by atoms with E-state index in [0.717, 1.165) is 24.1 Å². The first-order valence-electron chi connectivity index (χ1n) is 7.59. The third-order valence-corrected chi connectivity index (χ3v) is 5.41. The maximum Gasteiger partial charge on any atom is 0.0413 e. The highest BCUT2D eigenvalue weighted by molar-refractivity contribution is 9.10. The van der Waals surface area contributed by atoms with E-state index in [9.17, 15) is 0 Å². The molecule has 0 unspecified atom stereocenters. The summed E-state index contributed by atoms with van der Waals surface area (Å²) in [6, 6.07) is 6.67. The van der Waals surface area contributed by atoms with E-state index in [1.165, 1.54) is 17.0 Å². The number of hydrogen-bond donors (Lipinski definition) is 1. The predicted octanol–water partition coefficient (Wildman–Crippen LogP) is 4.67. The Morgan fingerprint density at radius 3 is 2.67 bits per heavy atom. The summed E-state index contributed by atoms with van der Waals surface area (Å²) in [5.74, 6) is 1.20. The van der Waals surface area contributed by atoms with Crippen molar-refractivity contribution in [3.05, 3.63) is 28.2 Å². The number of nitrogens with one attached hydrogen (secondary N) is 1. The van der Waals surface area contributed by atoms with Gasteiger partial charge in [-0.1, -0.05) is 15.9 Å². The Bertz CT molecular complexity index is 494. The monoisotopic (exact) mass is 370 g/mol. The molecule has 0 saturated carbocycles. The number of rotatable bonds is 3. The molecule has 1 fully saturated rings. The second-order valence-corrected chi connectivity index (χ2v) is 10.1. The average Bonchev–Trinajstić information content (AvgIpc) is 2.34. The summed E-state index contributed by atoms with van der Waals surface area (Å²) in [5.41, 5.74) is 2.89. The lowest BCUT2D eigenvalue weighted by molar-refractivity contribution is 0.424. The van der Waals surface area contributed by atoms with Crippen molar-refractivity contribution in [2.45, 2.75) is 51.4 Å². The van der Waals surface area contributed by atoms with Crippen LogP contribution < -0.4 is 10.2 Å². The highest BCUT2D eigenvalue weighted by Gasteiger charge is 2.28. The molecule has 0 spiro atoms. The van der Waals surface area contributed by atoms with Crippen molar-refractivity contribution in [2.24, 2.45) is 0 Å². The van der Waals surface area contributed by atoms with Crippen molar-refractivity contribution in [3.63, 3.8) is 0 Å². The first kappa shape index (κ1) is 17.2. The number of thioether (sulfide) groups is 1. The lowest BCUT2D eigenvalue weighted by atomic mass is 10.1. The van der Waals surface area contributed by atoms with Crippen LogP contribution in [0.2, 0.25) is 0 Å². The van der Waals surface area contributed by atoms with Crippen LogP contribution in [-0.2, 0) is 6.54 Å². The van der Waals surface area contributed by atoms with Gasteiger partial charge in [0, 0.05) is 45.8 Å². The fraction of sp³-hybridized carbons (Fsp3) is 0.647. The summed E-state index contributed by atoms with van der Waals surface area (Å²) >= 11 is 5.69. The molecule has 0 bridgehead atoms. The normalized spacial score (nSPS) is 18.9. The van der Waals surface area contributed by atoms with Crippen molar-refractivity contribution >= 4 is 33.4 Å². The molecule has 0 aromatic heterocycles. The van der Waals surface area contributed by atoms with E-state index in [4.69, 9.17) is 0 Å². The molecule has 2 rings (SSSR count). The third-order valence-electron chi connectivity index (χ3n) is 3.62. The minimum atomic E-state index is 0.136. The van der Waals surface area contributed by atoms with Crippen molar-refractivity contribution in [3.8, 4) is 0 Å². The minimum absolute atomic E-state index is 0.136. The van der Waals surface area contributed by atoms with Crippen LogP contribution in [0.5, 0.6) is 0 Å². The SMILES string of the molecule is CC(C)(C)NCc1cc(Br)ccc1N1CCSC(C)(C)C1. The number of nitrogens with zero attached hydrogens (tertiary/aromatic N) is 1. The summed E-state index contributed by atoms with van der Waals surface area (Å²) in [6.45, 7) is 14.5. The zero-order valence-electron chi connectivity index (χ0n) is 13.8. The van der Waals surface area contributed by atoms with E-state index in [0.29, 0.717) is 4.75 Å². The third kappa shape index (κ3) is 5.19. The fourth-order valence-corrected chi connectivity index (χ4v) is 4.11. The lowest BCUT2D eigenvalue weighted by Gasteiger charge is -2.40. The first-order valence-corrected chi connectivity index (χ1v) is 9.37. The van der Waals surface area contributed by atoms with Gasteiger partial charge >= 0.3 is 0 Å². The van der Waals surface area contributed by atoms with E-state index < -0.39 is 0 Å². The molecule has 0 aliphatic carbocycles. The van der Waals surface area contributed by atoms with Crippen LogP contribution in [0.3, 0.4) is 0 Å². The molecule has 0 atom stereocenters. The smallest absolute Gasteiger partial charge is 0.0413 e. The molecule has 1 aromatic rings. The molecular formula is C17H27BrN2S. The highest BCUT2D eigenvalue weighted by Crippen LogP contribution is 2.34. The van der Waals surface area contributed by atoms with Crippen molar-refractivity contribution in [1.29, 1.82) is 0 Å². The molecular weight excluding hydrogens is 344 g/mol. The number of benzene rings is 1. The first-order chi connectivity index (χ1) is 9.66.